The van der Waals surface area contributed by atoms with Gasteiger partial charge in [0, 0.05) is 23.7 Å². The molecular formula is C21H20ClN3O4S2. The van der Waals surface area contributed by atoms with Crippen molar-refractivity contribution in [3.63, 3.8) is 0 Å². The predicted octanol–water partition coefficient (Wildman–Crippen LogP) is 3.85. The smallest absolute Gasteiger partial charge is 0.284 e. The number of halogens is 1. The maximum absolute atomic E-state index is 12.8. The van der Waals surface area contributed by atoms with Crippen LogP contribution >= 0.6 is 23.4 Å². The Kier molecular flexibility index (Phi) is 7.19. The number of amidine groups is 1. The summed E-state index contributed by atoms with van der Waals surface area (Å²) in [5.74, 6) is -0.775. The molecule has 1 aliphatic heterocycles. The van der Waals surface area contributed by atoms with Crippen LogP contribution in [-0.4, -0.2) is 42.1 Å². The number of carbonyl (C=O) groups is 2. The quantitative estimate of drug-likeness (QED) is 0.611. The zero-order chi connectivity index (χ0) is 22.6. The van der Waals surface area contributed by atoms with Gasteiger partial charge in [-0.3, -0.25) is 14.5 Å². The maximum Gasteiger partial charge on any atom is 0.284 e. The van der Waals surface area contributed by atoms with Crippen LogP contribution in [0.1, 0.15) is 12.0 Å². The van der Waals surface area contributed by atoms with E-state index in [4.69, 9.17) is 11.6 Å². The number of anilines is 1. The molecule has 0 saturated carbocycles. The minimum Gasteiger partial charge on any atom is -0.326 e. The van der Waals surface area contributed by atoms with Crippen molar-refractivity contribution in [3.05, 3.63) is 71.8 Å². The maximum atomic E-state index is 12.8. The molecule has 0 aliphatic carbocycles. The summed E-state index contributed by atoms with van der Waals surface area (Å²) in [6.45, 7) is 5.54. The molecule has 1 saturated heterocycles. The van der Waals surface area contributed by atoms with E-state index in [2.05, 4.69) is 16.3 Å². The summed E-state index contributed by atoms with van der Waals surface area (Å²) in [7, 11) is -4.01. The summed E-state index contributed by atoms with van der Waals surface area (Å²) in [5.41, 5.74) is 1.46. The summed E-state index contributed by atoms with van der Waals surface area (Å²) in [6.07, 6.45) is 1.34. The van der Waals surface area contributed by atoms with Crippen LogP contribution in [0.3, 0.4) is 0 Å². The topological polar surface area (TPSA) is 95.9 Å². The number of amides is 2. The Hall–Kier alpha value is -2.62. The van der Waals surface area contributed by atoms with E-state index in [-0.39, 0.29) is 28.9 Å². The molecule has 31 heavy (non-hydrogen) atoms. The van der Waals surface area contributed by atoms with Crippen LogP contribution in [0.4, 0.5) is 5.69 Å². The van der Waals surface area contributed by atoms with Gasteiger partial charge < -0.3 is 5.32 Å². The molecular weight excluding hydrogens is 458 g/mol. The van der Waals surface area contributed by atoms with Crippen molar-refractivity contribution in [1.82, 2.24) is 4.90 Å². The number of sulfonamides is 1. The van der Waals surface area contributed by atoms with Gasteiger partial charge in [0.25, 0.3) is 10.0 Å². The van der Waals surface area contributed by atoms with E-state index in [0.29, 0.717) is 10.7 Å². The number of nitrogens with zero attached hydrogens (tertiary/aromatic N) is 2. The van der Waals surface area contributed by atoms with E-state index in [0.717, 1.165) is 17.3 Å². The van der Waals surface area contributed by atoms with Gasteiger partial charge in [-0.15, -0.1) is 11.0 Å². The molecule has 7 nitrogen and oxygen atoms in total. The van der Waals surface area contributed by atoms with Gasteiger partial charge in [-0.1, -0.05) is 47.1 Å². The summed E-state index contributed by atoms with van der Waals surface area (Å²) < 4.78 is 29.3. The van der Waals surface area contributed by atoms with Crippen LogP contribution in [0.5, 0.6) is 0 Å². The third-order valence-corrected chi connectivity index (χ3v) is 7.17. The highest BCUT2D eigenvalue weighted by Gasteiger charge is 2.39. The van der Waals surface area contributed by atoms with Crippen molar-refractivity contribution >= 4 is 56.1 Å². The van der Waals surface area contributed by atoms with E-state index < -0.39 is 21.2 Å². The SMILES string of the molecule is C=CCN1C(=O)[C@H](CC(=O)Nc2ccc(Cl)cc2)SC1=NS(=O)(=O)c1ccc(C)cc1. The van der Waals surface area contributed by atoms with Crippen molar-refractivity contribution in [1.29, 1.82) is 0 Å². The summed E-state index contributed by atoms with van der Waals surface area (Å²) in [6, 6.07) is 12.8. The Morgan fingerprint density at radius 2 is 1.87 bits per heavy atom. The number of benzene rings is 2. The number of aryl methyl sites for hydroxylation is 1. The largest absolute Gasteiger partial charge is 0.326 e. The molecule has 1 atom stereocenters. The van der Waals surface area contributed by atoms with E-state index in [9.17, 15) is 18.0 Å². The zero-order valence-corrected chi connectivity index (χ0v) is 19.0. The minimum absolute atomic E-state index is 0.0229. The fraction of sp³-hybridized carbons (Fsp3) is 0.190. The fourth-order valence-electron chi connectivity index (χ4n) is 2.79. The van der Waals surface area contributed by atoms with Gasteiger partial charge in [0.05, 0.1) is 4.90 Å². The highest BCUT2D eigenvalue weighted by Crippen LogP contribution is 2.31. The molecule has 2 aromatic carbocycles. The van der Waals surface area contributed by atoms with Gasteiger partial charge in [-0.25, -0.2) is 0 Å². The lowest BCUT2D eigenvalue weighted by atomic mass is 10.2. The second-order valence-electron chi connectivity index (χ2n) is 6.77. The first-order valence-electron chi connectivity index (χ1n) is 9.25. The van der Waals surface area contributed by atoms with Crippen LogP contribution in [0.25, 0.3) is 0 Å². The molecule has 10 heteroatoms. The molecule has 0 aromatic heterocycles. The van der Waals surface area contributed by atoms with Crippen molar-refractivity contribution < 1.29 is 18.0 Å². The summed E-state index contributed by atoms with van der Waals surface area (Å²) >= 11 is 6.79. The molecule has 0 unspecified atom stereocenters. The number of hydrogen-bond donors (Lipinski definition) is 1. The molecule has 1 fully saturated rings. The predicted molar refractivity (Wildman–Crippen MR) is 124 cm³/mol. The van der Waals surface area contributed by atoms with Crippen molar-refractivity contribution in [2.24, 2.45) is 4.40 Å². The van der Waals surface area contributed by atoms with Crippen LogP contribution in [0.2, 0.25) is 5.02 Å². The zero-order valence-electron chi connectivity index (χ0n) is 16.6. The summed E-state index contributed by atoms with van der Waals surface area (Å²) in [4.78, 5) is 26.4. The van der Waals surface area contributed by atoms with Gasteiger partial charge in [0.15, 0.2) is 5.17 Å². The number of carbonyl (C=O) groups excluding carboxylic acids is 2. The molecule has 0 bridgehead atoms. The second kappa shape index (κ2) is 9.67. The second-order valence-corrected chi connectivity index (χ2v) is 9.98. The summed E-state index contributed by atoms with van der Waals surface area (Å²) in [5, 5.41) is 2.47. The molecule has 0 radical (unpaired) electrons. The van der Waals surface area contributed by atoms with Crippen LogP contribution in [0.15, 0.2) is 70.5 Å². The average Bonchev–Trinajstić information content (AvgIpc) is 2.98. The fourth-order valence-corrected chi connectivity index (χ4v) is 5.28. The molecule has 1 heterocycles. The van der Waals surface area contributed by atoms with Gasteiger partial charge in [0.1, 0.15) is 5.25 Å². The van der Waals surface area contributed by atoms with Crippen LogP contribution in [-0.2, 0) is 19.6 Å². The first-order valence-corrected chi connectivity index (χ1v) is 12.0. The molecule has 1 aliphatic rings. The molecule has 162 valence electrons. The van der Waals surface area contributed by atoms with Crippen molar-refractivity contribution in [2.75, 3.05) is 11.9 Å². The Balaban J connectivity index is 1.78. The number of nitrogens with one attached hydrogen (secondary N) is 1. The first-order chi connectivity index (χ1) is 14.7. The van der Waals surface area contributed by atoms with Crippen molar-refractivity contribution in [2.45, 2.75) is 23.5 Å². The lowest BCUT2D eigenvalue weighted by molar-refractivity contribution is -0.127. The Morgan fingerprint density at radius 1 is 1.23 bits per heavy atom. The average molecular weight is 478 g/mol. The van der Waals surface area contributed by atoms with E-state index in [1.165, 1.54) is 23.1 Å². The number of hydrogen-bond acceptors (Lipinski definition) is 5. The Bertz CT molecular complexity index is 1130. The molecule has 0 spiro atoms. The highest BCUT2D eigenvalue weighted by molar-refractivity contribution is 8.16. The molecule has 3 rings (SSSR count). The molecule has 2 amide bonds. The normalized spacial score (nSPS) is 17.7. The van der Waals surface area contributed by atoms with Gasteiger partial charge in [0.2, 0.25) is 11.8 Å². The van der Waals surface area contributed by atoms with Gasteiger partial charge in [-0.2, -0.15) is 8.42 Å². The van der Waals surface area contributed by atoms with Gasteiger partial charge >= 0.3 is 0 Å². The molecule has 2 aromatic rings. The lowest BCUT2D eigenvalue weighted by Crippen LogP contribution is -2.33. The first kappa shape index (κ1) is 23.1. The lowest BCUT2D eigenvalue weighted by Gasteiger charge is -2.13. The van der Waals surface area contributed by atoms with Crippen LogP contribution in [0, 0.1) is 6.92 Å². The van der Waals surface area contributed by atoms with Crippen LogP contribution < -0.4 is 5.32 Å². The van der Waals surface area contributed by atoms with Crippen molar-refractivity contribution in [3.8, 4) is 0 Å². The third-order valence-electron chi connectivity index (χ3n) is 4.35. The van der Waals surface area contributed by atoms with Gasteiger partial charge in [-0.05, 0) is 43.3 Å². The Morgan fingerprint density at radius 3 is 2.48 bits per heavy atom. The van der Waals surface area contributed by atoms with E-state index in [1.54, 1.807) is 36.4 Å². The molecule has 1 N–H and O–H groups in total. The number of rotatable bonds is 7. The van der Waals surface area contributed by atoms with E-state index in [1.807, 2.05) is 6.92 Å². The monoisotopic (exact) mass is 477 g/mol. The Labute approximate surface area is 190 Å². The standard InChI is InChI=1S/C21H20ClN3O4S2/c1-3-12-25-20(27)18(13-19(26)23-16-8-6-15(22)7-9-16)30-21(25)24-31(28,29)17-10-4-14(2)5-11-17/h3-11,18H,1,12-13H2,2H3,(H,23,26)/t18-/m0/s1. The minimum atomic E-state index is -4.01. The third kappa shape index (κ3) is 5.75. The highest BCUT2D eigenvalue weighted by atomic mass is 35.5. The van der Waals surface area contributed by atoms with E-state index >= 15 is 0 Å². The number of thioether (sulfide) groups is 1.